The molecule has 0 aromatic heterocycles. The van der Waals surface area contributed by atoms with Gasteiger partial charge in [0, 0.05) is 22.2 Å². The lowest BCUT2D eigenvalue weighted by atomic mass is 9.83. The molecule has 21 heavy (non-hydrogen) atoms. The topological polar surface area (TPSA) is 35.5 Å². The third-order valence-corrected chi connectivity index (χ3v) is 7.01. The minimum atomic E-state index is 0.00321. The molecular weight excluding hydrogens is 284 g/mol. The molecule has 1 saturated heterocycles. The predicted octanol–water partition coefficient (Wildman–Crippen LogP) is 2.73. The summed E-state index contributed by atoms with van der Waals surface area (Å²) in [5.41, 5.74) is 0.0105. The first-order valence-corrected chi connectivity index (χ1v) is 9.26. The number of allylic oxidation sites excluding steroid dienone is 3. The van der Waals surface area contributed by atoms with E-state index in [9.17, 15) is 4.79 Å². The van der Waals surface area contributed by atoms with Gasteiger partial charge < -0.3 is 9.47 Å². The molecule has 2 atom stereocenters. The van der Waals surface area contributed by atoms with Gasteiger partial charge in [-0.05, 0) is 18.6 Å². The van der Waals surface area contributed by atoms with Crippen molar-refractivity contribution in [1.29, 1.82) is 0 Å². The van der Waals surface area contributed by atoms with Crippen molar-refractivity contribution < 1.29 is 14.3 Å². The average molecular weight is 311 g/mol. The summed E-state index contributed by atoms with van der Waals surface area (Å²) in [7, 11) is 1.81. The molecular formula is C17H27O3S+. The fourth-order valence-electron chi connectivity index (χ4n) is 3.02. The molecule has 0 aromatic carbocycles. The third kappa shape index (κ3) is 4.13. The van der Waals surface area contributed by atoms with Crippen molar-refractivity contribution in [2.45, 2.75) is 32.4 Å². The van der Waals surface area contributed by atoms with Crippen molar-refractivity contribution in [1.82, 2.24) is 0 Å². The molecule has 1 aliphatic carbocycles. The molecule has 0 saturated carbocycles. The first-order chi connectivity index (χ1) is 9.93. The van der Waals surface area contributed by atoms with Crippen molar-refractivity contribution in [3.05, 3.63) is 24.0 Å². The molecule has 0 N–H and O–H groups in total. The molecule has 0 radical (unpaired) electrons. The highest BCUT2D eigenvalue weighted by molar-refractivity contribution is 7.98. The Kier molecular flexibility index (Phi) is 5.55. The van der Waals surface area contributed by atoms with Gasteiger partial charge in [0.15, 0.2) is 11.0 Å². The Bertz CT molecular complexity index is 428. The standard InChI is InChI=1S/C17H27O3S/c1-17(2,3)16(21-11-9-20-10-12-21)15(18)13-5-7-14(19-4)8-6-13/h5,7-8,13,16H,6,9-12H2,1-4H3/q+1. The molecule has 0 spiro atoms. The largest absolute Gasteiger partial charge is 0.497 e. The van der Waals surface area contributed by atoms with Crippen LogP contribution in [0.5, 0.6) is 0 Å². The number of ketones is 1. The van der Waals surface area contributed by atoms with E-state index in [1.54, 1.807) is 7.11 Å². The van der Waals surface area contributed by atoms with E-state index in [2.05, 4.69) is 20.8 Å². The highest BCUT2D eigenvalue weighted by Crippen LogP contribution is 2.33. The SMILES string of the molecule is COC1=CCC(C(=O)C([S+]2CCOCC2)C(C)(C)C)C=C1. The van der Waals surface area contributed by atoms with Crippen LogP contribution in [0.1, 0.15) is 27.2 Å². The van der Waals surface area contributed by atoms with Crippen molar-refractivity contribution in [3.63, 3.8) is 0 Å². The Labute approximate surface area is 131 Å². The van der Waals surface area contributed by atoms with Gasteiger partial charge in [0.1, 0.15) is 17.3 Å². The quantitative estimate of drug-likeness (QED) is 0.749. The van der Waals surface area contributed by atoms with Crippen molar-refractivity contribution in [2.24, 2.45) is 11.3 Å². The van der Waals surface area contributed by atoms with Gasteiger partial charge in [-0.1, -0.05) is 26.8 Å². The third-order valence-electron chi connectivity index (χ3n) is 4.02. The minimum Gasteiger partial charge on any atom is -0.497 e. The maximum absolute atomic E-state index is 13.1. The van der Waals surface area contributed by atoms with Crippen LogP contribution in [0, 0.1) is 11.3 Å². The van der Waals surface area contributed by atoms with E-state index in [0.717, 1.165) is 36.9 Å². The van der Waals surface area contributed by atoms with E-state index >= 15 is 0 Å². The summed E-state index contributed by atoms with van der Waals surface area (Å²) in [6.45, 7) is 8.19. The van der Waals surface area contributed by atoms with Crippen molar-refractivity contribution >= 4 is 16.7 Å². The number of ether oxygens (including phenoxy) is 2. The first-order valence-electron chi connectivity index (χ1n) is 7.63. The van der Waals surface area contributed by atoms with Gasteiger partial charge in [-0.3, -0.25) is 4.79 Å². The summed E-state index contributed by atoms with van der Waals surface area (Å²) < 4.78 is 10.7. The van der Waals surface area contributed by atoms with Gasteiger partial charge in [-0.2, -0.15) is 0 Å². The maximum Gasteiger partial charge on any atom is 0.192 e. The molecule has 2 rings (SSSR count). The normalized spacial score (nSPS) is 25.3. The number of methoxy groups -OCH3 is 1. The van der Waals surface area contributed by atoms with Crippen LogP contribution in [0.15, 0.2) is 24.0 Å². The zero-order valence-electron chi connectivity index (χ0n) is 13.6. The van der Waals surface area contributed by atoms with Crippen LogP contribution < -0.4 is 0 Å². The maximum atomic E-state index is 13.1. The second-order valence-corrected chi connectivity index (χ2v) is 9.08. The number of rotatable bonds is 4. The zero-order valence-corrected chi connectivity index (χ0v) is 14.4. The molecule has 1 aliphatic heterocycles. The Balaban J connectivity index is 2.12. The van der Waals surface area contributed by atoms with Gasteiger partial charge in [0.05, 0.1) is 20.3 Å². The second-order valence-electron chi connectivity index (χ2n) is 6.72. The zero-order chi connectivity index (χ0) is 15.5. The fraction of sp³-hybridized carbons (Fsp3) is 0.706. The van der Waals surface area contributed by atoms with Crippen molar-refractivity contribution in [3.8, 4) is 0 Å². The molecule has 0 bridgehead atoms. The molecule has 1 heterocycles. The van der Waals surface area contributed by atoms with Crippen LogP contribution in [0.2, 0.25) is 0 Å². The van der Waals surface area contributed by atoms with Gasteiger partial charge in [-0.25, -0.2) is 0 Å². The Morgan fingerprint density at radius 1 is 1.38 bits per heavy atom. The van der Waals surface area contributed by atoms with Gasteiger partial charge in [0.2, 0.25) is 0 Å². The van der Waals surface area contributed by atoms with Gasteiger partial charge in [-0.15, -0.1) is 0 Å². The Morgan fingerprint density at radius 3 is 2.52 bits per heavy atom. The van der Waals surface area contributed by atoms with Crippen LogP contribution in [-0.2, 0) is 25.2 Å². The summed E-state index contributed by atoms with van der Waals surface area (Å²) in [6.07, 6.45) is 6.73. The lowest BCUT2D eigenvalue weighted by Crippen LogP contribution is -2.49. The van der Waals surface area contributed by atoms with Crippen LogP contribution in [0.3, 0.4) is 0 Å². The highest BCUT2D eigenvalue weighted by atomic mass is 32.2. The van der Waals surface area contributed by atoms with Gasteiger partial charge >= 0.3 is 0 Å². The van der Waals surface area contributed by atoms with E-state index < -0.39 is 0 Å². The van der Waals surface area contributed by atoms with Gasteiger partial charge in [0.25, 0.3) is 0 Å². The van der Waals surface area contributed by atoms with Crippen molar-refractivity contribution in [2.75, 3.05) is 31.8 Å². The minimum absolute atomic E-state index is 0.00321. The molecule has 0 amide bonds. The molecule has 3 nitrogen and oxygen atoms in total. The summed E-state index contributed by atoms with van der Waals surface area (Å²) in [6, 6.07) is 0. The van der Waals surface area contributed by atoms with E-state index in [1.165, 1.54) is 0 Å². The van der Waals surface area contributed by atoms with E-state index in [-0.39, 0.29) is 27.5 Å². The van der Waals surface area contributed by atoms with E-state index in [4.69, 9.17) is 9.47 Å². The smallest absolute Gasteiger partial charge is 0.192 e. The van der Waals surface area contributed by atoms with Crippen LogP contribution in [0.4, 0.5) is 0 Å². The first kappa shape index (κ1) is 16.6. The number of hydrogen-bond donors (Lipinski definition) is 0. The summed E-state index contributed by atoms with van der Waals surface area (Å²) >= 11 is 0. The number of carbonyl (C=O) groups excluding carboxylic acids is 1. The monoisotopic (exact) mass is 311 g/mol. The molecule has 2 unspecified atom stereocenters. The molecule has 0 aromatic rings. The Hall–Kier alpha value is -0.740. The lowest BCUT2D eigenvalue weighted by Gasteiger charge is -2.32. The van der Waals surface area contributed by atoms with E-state index in [1.807, 2.05) is 18.2 Å². The average Bonchev–Trinajstić information content (AvgIpc) is 2.47. The summed E-state index contributed by atoms with van der Waals surface area (Å²) in [4.78, 5) is 13.1. The van der Waals surface area contributed by atoms with Crippen LogP contribution in [0.25, 0.3) is 0 Å². The number of Topliss-reactive ketones (excluding diaryl/α,β-unsaturated/α-hetero) is 1. The molecule has 1 fully saturated rings. The molecule has 2 aliphatic rings. The van der Waals surface area contributed by atoms with Crippen LogP contribution in [-0.4, -0.2) is 42.9 Å². The van der Waals surface area contributed by atoms with E-state index in [0.29, 0.717) is 5.78 Å². The fourth-order valence-corrected chi connectivity index (χ4v) is 5.86. The Morgan fingerprint density at radius 2 is 2.05 bits per heavy atom. The summed E-state index contributed by atoms with van der Waals surface area (Å²) in [5.74, 6) is 3.32. The van der Waals surface area contributed by atoms with Crippen LogP contribution >= 0.6 is 0 Å². The molecule has 118 valence electrons. The summed E-state index contributed by atoms with van der Waals surface area (Å²) in [5, 5.41) is 0.133. The number of carbonyl (C=O) groups is 1. The highest BCUT2D eigenvalue weighted by Gasteiger charge is 2.47. The number of hydrogen-bond acceptors (Lipinski definition) is 3. The molecule has 4 heteroatoms. The lowest BCUT2D eigenvalue weighted by molar-refractivity contribution is -0.122. The second kappa shape index (κ2) is 7.01. The predicted molar refractivity (Wildman–Crippen MR) is 88.5 cm³/mol.